The molecule has 2 unspecified atom stereocenters. The SMILES string of the molecule is CC(NC(=O)CN1C(=O)NC(C)(c2ccc3c(c2)OCCO3)C1=O)c1ccccc1. The molecule has 30 heavy (non-hydrogen) atoms. The molecule has 2 heterocycles. The van der Waals surface area contributed by atoms with Gasteiger partial charge >= 0.3 is 6.03 Å². The Bertz CT molecular complexity index is 994. The van der Waals surface area contributed by atoms with Crippen molar-refractivity contribution in [1.29, 1.82) is 0 Å². The summed E-state index contributed by atoms with van der Waals surface area (Å²) in [5.41, 5.74) is 0.202. The molecular formula is C22H23N3O5. The van der Waals surface area contributed by atoms with E-state index in [9.17, 15) is 14.4 Å². The molecule has 2 aliphatic heterocycles. The van der Waals surface area contributed by atoms with Gasteiger partial charge in [-0.15, -0.1) is 0 Å². The summed E-state index contributed by atoms with van der Waals surface area (Å²) >= 11 is 0. The molecule has 2 N–H and O–H groups in total. The lowest BCUT2D eigenvalue weighted by atomic mass is 9.91. The monoisotopic (exact) mass is 409 g/mol. The average molecular weight is 409 g/mol. The number of urea groups is 1. The molecule has 8 heteroatoms. The van der Waals surface area contributed by atoms with Gasteiger partial charge in [0.2, 0.25) is 5.91 Å². The minimum Gasteiger partial charge on any atom is -0.486 e. The number of imide groups is 1. The molecule has 1 fully saturated rings. The summed E-state index contributed by atoms with van der Waals surface area (Å²) < 4.78 is 11.1. The first-order valence-electron chi connectivity index (χ1n) is 9.77. The summed E-state index contributed by atoms with van der Waals surface area (Å²) in [7, 11) is 0. The Labute approximate surface area is 174 Å². The van der Waals surface area contributed by atoms with Gasteiger partial charge in [-0.3, -0.25) is 14.5 Å². The van der Waals surface area contributed by atoms with Crippen LogP contribution in [0.3, 0.4) is 0 Å². The first kappa shape index (κ1) is 19.8. The molecule has 2 atom stereocenters. The minimum atomic E-state index is -1.29. The van der Waals surface area contributed by atoms with E-state index in [1.54, 1.807) is 25.1 Å². The molecule has 0 spiro atoms. The number of hydrogen-bond acceptors (Lipinski definition) is 5. The van der Waals surface area contributed by atoms with Gasteiger partial charge in [0, 0.05) is 0 Å². The van der Waals surface area contributed by atoms with Gasteiger partial charge in [0.05, 0.1) is 6.04 Å². The van der Waals surface area contributed by atoms with Crippen molar-refractivity contribution in [3.8, 4) is 11.5 Å². The maximum atomic E-state index is 13.1. The van der Waals surface area contributed by atoms with E-state index < -0.39 is 23.4 Å². The zero-order chi connectivity index (χ0) is 21.3. The molecule has 0 aliphatic carbocycles. The fourth-order valence-corrected chi connectivity index (χ4v) is 3.65. The minimum absolute atomic E-state index is 0.247. The lowest BCUT2D eigenvalue weighted by Gasteiger charge is -2.25. The van der Waals surface area contributed by atoms with Crippen LogP contribution in [0.2, 0.25) is 0 Å². The van der Waals surface area contributed by atoms with E-state index in [0.29, 0.717) is 30.3 Å². The Balaban J connectivity index is 1.48. The van der Waals surface area contributed by atoms with Crippen LogP contribution in [-0.2, 0) is 15.1 Å². The summed E-state index contributed by atoms with van der Waals surface area (Å²) in [5.74, 6) is 0.208. The van der Waals surface area contributed by atoms with E-state index in [1.165, 1.54) is 0 Å². The molecule has 0 radical (unpaired) electrons. The fraction of sp³-hybridized carbons (Fsp3) is 0.318. The van der Waals surface area contributed by atoms with Crippen molar-refractivity contribution in [1.82, 2.24) is 15.5 Å². The number of amides is 4. The highest BCUT2D eigenvalue weighted by atomic mass is 16.6. The maximum Gasteiger partial charge on any atom is 0.325 e. The Hall–Kier alpha value is -3.55. The van der Waals surface area contributed by atoms with E-state index in [-0.39, 0.29) is 12.6 Å². The predicted molar refractivity (Wildman–Crippen MR) is 108 cm³/mol. The topological polar surface area (TPSA) is 97.0 Å². The first-order valence-corrected chi connectivity index (χ1v) is 9.77. The number of benzene rings is 2. The number of carbonyl (C=O) groups is 3. The highest BCUT2D eigenvalue weighted by Crippen LogP contribution is 2.36. The van der Waals surface area contributed by atoms with E-state index in [4.69, 9.17) is 9.47 Å². The number of hydrogen-bond donors (Lipinski definition) is 2. The van der Waals surface area contributed by atoms with E-state index >= 15 is 0 Å². The second kappa shape index (κ2) is 7.70. The number of ether oxygens (including phenoxy) is 2. The van der Waals surface area contributed by atoms with Crippen molar-refractivity contribution in [3.05, 3.63) is 59.7 Å². The van der Waals surface area contributed by atoms with Gasteiger partial charge in [-0.2, -0.15) is 0 Å². The molecule has 156 valence electrons. The van der Waals surface area contributed by atoms with Crippen molar-refractivity contribution in [2.45, 2.75) is 25.4 Å². The molecule has 0 saturated carbocycles. The van der Waals surface area contributed by atoms with Crippen LogP contribution in [0, 0.1) is 0 Å². The van der Waals surface area contributed by atoms with E-state index in [0.717, 1.165) is 10.5 Å². The van der Waals surface area contributed by atoms with Gasteiger partial charge in [-0.05, 0) is 37.1 Å². The number of fused-ring (bicyclic) bond motifs is 1. The molecule has 2 aromatic rings. The summed E-state index contributed by atoms with van der Waals surface area (Å²) in [5, 5.41) is 5.53. The van der Waals surface area contributed by atoms with Gasteiger partial charge in [0.25, 0.3) is 5.91 Å². The molecular weight excluding hydrogens is 386 g/mol. The van der Waals surface area contributed by atoms with Crippen LogP contribution in [-0.4, -0.2) is 42.5 Å². The summed E-state index contributed by atoms with van der Waals surface area (Å²) in [6, 6.07) is 13.7. The molecule has 8 nitrogen and oxygen atoms in total. The predicted octanol–water partition coefficient (Wildman–Crippen LogP) is 2.10. The van der Waals surface area contributed by atoms with Gasteiger partial charge in [0.1, 0.15) is 25.3 Å². The Kier molecular flexibility index (Phi) is 5.07. The molecule has 0 bridgehead atoms. The molecule has 0 aromatic heterocycles. The van der Waals surface area contributed by atoms with E-state index in [2.05, 4.69) is 10.6 Å². The van der Waals surface area contributed by atoms with Crippen molar-refractivity contribution < 1.29 is 23.9 Å². The zero-order valence-electron chi connectivity index (χ0n) is 16.8. The Morgan fingerprint density at radius 3 is 2.57 bits per heavy atom. The van der Waals surface area contributed by atoms with Crippen LogP contribution in [0.4, 0.5) is 4.79 Å². The van der Waals surface area contributed by atoms with Crippen molar-refractivity contribution in [2.75, 3.05) is 19.8 Å². The first-order chi connectivity index (χ1) is 14.4. The van der Waals surface area contributed by atoms with Crippen LogP contribution in [0.15, 0.2) is 48.5 Å². The number of nitrogens with zero attached hydrogens (tertiary/aromatic N) is 1. The molecule has 4 amide bonds. The third kappa shape index (κ3) is 3.56. The van der Waals surface area contributed by atoms with Crippen LogP contribution >= 0.6 is 0 Å². The Morgan fingerprint density at radius 1 is 1.13 bits per heavy atom. The van der Waals surface area contributed by atoms with Crippen LogP contribution in [0.5, 0.6) is 11.5 Å². The number of rotatable bonds is 5. The van der Waals surface area contributed by atoms with Crippen LogP contribution < -0.4 is 20.1 Å². The summed E-state index contributed by atoms with van der Waals surface area (Å²) in [6.07, 6.45) is 0. The fourth-order valence-electron chi connectivity index (χ4n) is 3.65. The van der Waals surface area contributed by atoms with Crippen molar-refractivity contribution in [3.63, 3.8) is 0 Å². The summed E-state index contributed by atoms with van der Waals surface area (Å²) in [6.45, 7) is 3.98. The third-order valence-electron chi connectivity index (χ3n) is 5.37. The number of nitrogens with one attached hydrogen (secondary N) is 2. The van der Waals surface area contributed by atoms with Crippen LogP contribution in [0.1, 0.15) is 31.0 Å². The molecule has 4 rings (SSSR count). The quantitative estimate of drug-likeness (QED) is 0.738. The van der Waals surface area contributed by atoms with Gasteiger partial charge < -0.3 is 20.1 Å². The molecule has 1 saturated heterocycles. The van der Waals surface area contributed by atoms with Gasteiger partial charge in [-0.1, -0.05) is 36.4 Å². The number of carbonyl (C=O) groups excluding carboxylic acids is 3. The lowest BCUT2D eigenvalue weighted by molar-refractivity contribution is -0.135. The maximum absolute atomic E-state index is 13.1. The van der Waals surface area contributed by atoms with E-state index in [1.807, 2.05) is 37.3 Å². The standard InChI is InChI=1S/C22H23N3O5/c1-14(15-6-4-3-5-7-15)23-19(26)13-25-20(27)22(2,24-21(25)28)16-8-9-17-18(12-16)30-11-10-29-17/h3-9,12,14H,10-11,13H2,1-2H3,(H,23,26)(H,24,28). The van der Waals surface area contributed by atoms with Crippen LogP contribution in [0.25, 0.3) is 0 Å². The van der Waals surface area contributed by atoms with Gasteiger partial charge in [-0.25, -0.2) is 4.79 Å². The summed E-state index contributed by atoms with van der Waals surface area (Å²) in [4.78, 5) is 39.0. The molecule has 2 aliphatic rings. The average Bonchev–Trinajstić information content (AvgIpc) is 2.98. The van der Waals surface area contributed by atoms with Crippen molar-refractivity contribution in [2.24, 2.45) is 0 Å². The third-order valence-corrected chi connectivity index (χ3v) is 5.37. The van der Waals surface area contributed by atoms with Gasteiger partial charge in [0.15, 0.2) is 11.5 Å². The lowest BCUT2D eigenvalue weighted by Crippen LogP contribution is -2.43. The largest absolute Gasteiger partial charge is 0.486 e. The smallest absolute Gasteiger partial charge is 0.325 e. The second-order valence-electron chi connectivity index (χ2n) is 7.50. The molecule has 2 aromatic carbocycles. The normalized spacial score (nSPS) is 21.2. The highest BCUT2D eigenvalue weighted by molar-refractivity contribution is 6.09. The highest BCUT2D eigenvalue weighted by Gasteiger charge is 2.49. The van der Waals surface area contributed by atoms with Crippen molar-refractivity contribution >= 4 is 17.8 Å². The Morgan fingerprint density at radius 2 is 1.83 bits per heavy atom. The zero-order valence-corrected chi connectivity index (χ0v) is 16.8. The second-order valence-corrected chi connectivity index (χ2v) is 7.50.